The van der Waals surface area contributed by atoms with E-state index in [0.717, 1.165) is 37.5 Å². The van der Waals surface area contributed by atoms with Crippen LogP contribution in [0.1, 0.15) is 73.6 Å². The molecule has 3 aromatic carbocycles. The molecule has 0 bridgehead atoms. The van der Waals surface area contributed by atoms with E-state index in [4.69, 9.17) is 0 Å². The van der Waals surface area contributed by atoms with E-state index in [1.165, 1.54) is 59.1 Å². The number of hydrogen-bond donors (Lipinski definition) is 0. The van der Waals surface area contributed by atoms with Crippen LogP contribution < -0.4 is 0 Å². The second kappa shape index (κ2) is 12.7. The van der Waals surface area contributed by atoms with E-state index in [-0.39, 0.29) is 6.67 Å². The standard InChI is InChI=1S/C33H39F/c1-2-3-5-26-13-17-30(18-14-26)32-21-23-33(24-22-32)31-19-15-29(16-20-31)12-11-28-9-7-27(8-10-28)6-4-25-34/h3,5,7-10,15-16,19-24,26,30H,2,4,6,11-14,17-18,25H2,1H3. The Kier molecular flexibility index (Phi) is 9.13. The van der Waals surface area contributed by atoms with Gasteiger partial charge in [0.25, 0.3) is 0 Å². The van der Waals surface area contributed by atoms with Crippen LogP contribution in [0.15, 0.2) is 84.9 Å². The summed E-state index contributed by atoms with van der Waals surface area (Å²) in [7, 11) is 0. The van der Waals surface area contributed by atoms with E-state index in [0.29, 0.717) is 6.42 Å². The Morgan fingerprint density at radius 2 is 1.18 bits per heavy atom. The molecule has 0 radical (unpaired) electrons. The van der Waals surface area contributed by atoms with Gasteiger partial charge in [0.1, 0.15) is 0 Å². The van der Waals surface area contributed by atoms with Crippen LogP contribution in [0.4, 0.5) is 4.39 Å². The highest BCUT2D eigenvalue weighted by atomic mass is 19.1. The quantitative estimate of drug-likeness (QED) is 0.268. The van der Waals surface area contributed by atoms with Gasteiger partial charge in [-0.2, -0.15) is 0 Å². The van der Waals surface area contributed by atoms with E-state index in [9.17, 15) is 4.39 Å². The molecule has 34 heavy (non-hydrogen) atoms. The van der Waals surface area contributed by atoms with Crippen molar-refractivity contribution in [3.63, 3.8) is 0 Å². The average Bonchev–Trinajstić information content (AvgIpc) is 2.91. The van der Waals surface area contributed by atoms with Crippen molar-refractivity contribution < 1.29 is 4.39 Å². The predicted molar refractivity (Wildman–Crippen MR) is 144 cm³/mol. The molecule has 0 unspecified atom stereocenters. The first-order chi connectivity index (χ1) is 16.7. The van der Waals surface area contributed by atoms with Crippen LogP contribution in [0.5, 0.6) is 0 Å². The molecule has 1 heteroatoms. The molecule has 3 aromatic rings. The fourth-order valence-corrected chi connectivity index (χ4v) is 5.22. The lowest BCUT2D eigenvalue weighted by Gasteiger charge is -2.27. The van der Waals surface area contributed by atoms with E-state index in [2.05, 4.69) is 91.9 Å². The summed E-state index contributed by atoms with van der Waals surface area (Å²) in [5.41, 5.74) is 8.05. The van der Waals surface area contributed by atoms with Gasteiger partial charge in [-0.3, -0.25) is 4.39 Å². The summed E-state index contributed by atoms with van der Waals surface area (Å²) in [6.45, 7) is 1.98. The monoisotopic (exact) mass is 454 g/mol. The predicted octanol–water partition coefficient (Wildman–Crippen LogP) is 9.28. The van der Waals surface area contributed by atoms with Crippen LogP contribution >= 0.6 is 0 Å². The van der Waals surface area contributed by atoms with E-state index >= 15 is 0 Å². The van der Waals surface area contributed by atoms with Gasteiger partial charge < -0.3 is 0 Å². The summed E-state index contributed by atoms with van der Waals surface area (Å²) in [6, 6.07) is 27.0. The molecule has 0 amide bonds. The van der Waals surface area contributed by atoms with E-state index in [1.54, 1.807) is 0 Å². The zero-order valence-corrected chi connectivity index (χ0v) is 20.7. The third-order valence-corrected chi connectivity index (χ3v) is 7.41. The fraction of sp³-hybridized carbons (Fsp3) is 0.394. The Labute approximate surface area is 205 Å². The van der Waals surface area contributed by atoms with Gasteiger partial charge in [-0.05, 0) is 103 Å². The summed E-state index contributed by atoms with van der Waals surface area (Å²) in [5, 5.41) is 0. The molecule has 0 N–H and O–H groups in total. The second-order valence-electron chi connectivity index (χ2n) is 9.88. The Morgan fingerprint density at radius 3 is 1.71 bits per heavy atom. The Balaban J connectivity index is 1.28. The molecule has 0 nitrogen and oxygen atoms in total. The second-order valence-corrected chi connectivity index (χ2v) is 9.88. The number of aryl methyl sites for hydroxylation is 3. The van der Waals surface area contributed by atoms with Crippen molar-refractivity contribution in [3.8, 4) is 11.1 Å². The molecular weight excluding hydrogens is 415 g/mol. The van der Waals surface area contributed by atoms with Gasteiger partial charge in [0.05, 0.1) is 6.67 Å². The lowest BCUT2D eigenvalue weighted by Crippen LogP contribution is -2.11. The summed E-state index contributed by atoms with van der Waals surface area (Å²) >= 11 is 0. The van der Waals surface area contributed by atoms with Crippen molar-refractivity contribution in [2.45, 2.75) is 70.6 Å². The van der Waals surface area contributed by atoms with Crippen LogP contribution in [0.25, 0.3) is 11.1 Å². The van der Waals surface area contributed by atoms with Gasteiger partial charge >= 0.3 is 0 Å². The fourth-order valence-electron chi connectivity index (χ4n) is 5.22. The van der Waals surface area contributed by atoms with Crippen LogP contribution in [0, 0.1) is 5.92 Å². The maximum Gasteiger partial charge on any atom is 0.0897 e. The molecule has 1 aliphatic carbocycles. The molecule has 1 aliphatic rings. The Bertz CT molecular complexity index is 1000. The minimum absolute atomic E-state index is 0.236. The molecule has 0 aliphatic heterocycles. The molecular formula is C33H39F. The van der Waals surface area contributed by atoms with Crippen LogP contribution in [-0.4, -0.2) is 6.67 Å². The van der Waals surface area contributed by atoms with Gasteiger partial charge in [-0.1, -0.05) is 91.9 Å². The number of allylic oxidation sites excluding steroid dienone is 2. The number of rotatable bonds is 10. The highest BCUT2D eigenvalue weighted by Gasteiger charge is 2.20. The number of alkyl halides is 1. The molecule has 1 fully saturated rings. The maximum absolute atomic E-state index is 12.3. The van der Waals surface area contributed by atoms with E-state index < -0.39 is 0 Å². The Morgan fingerprint density at radius 1 is 0.676 bits per heavy atom. The topological polar surface area (TPSA) is 0 Å². The molecule has 0 aromatic heterocycles. The highest BCUT2D eigenvalue weighted by molar-refractivity contribution is 5.64. The van der Waals surface area contributed by atoms with Crippen molar-refractivity contribution in [2.24, 2.45) is 5.92 Å². The van der Waals surface area contributed by atoms with Crippen molar-refractivity contribution in [1.82, 2.24) is 0 Å². The highest BCUT2D eigenvalue weighted by Crippen LogP contribution is 2.37. The van der Waals surface area contributed by atoms with Crippen LogP contribution in [0.2, 0.25) is 0 Å². The van der Waals surface area contributed by atoms with Crippen molar-refractivity contribution in [2.75, 3.05) is 6.67 Å². The first-order valence-corrected chi connectivity index (χ1v) is 13.2. The summed E-state index contributed by atoms with van der Waals surface area (Å²) < 4.78 is 12.3. The van der Waals surface area contributed by atoms with Gasteiger partial charge in [0.15, 0.2) is 0 Å². The van der Waals surface area contributed by atoms with Crippen molar-refractivity contribution >= 4 is 0 Å². The average molecular weight is 455 g/mol. The normalized spacial score (nSPS) is 18.4. The third-order valence-electron chi connectivity index (χ3n) is 7.41. The number of halogens is 1. The minimum Gasteiger partial charge on any atom is -0.251 e. The molecule has 1 saturated carbocycles. The molecule has 178 valence electrons. The summed E-state index contributed by atoms with van der Waals surface area (Å²) in [4.78, 5) is 0. The third kappa shape index (κ3) is 6.92. The van der Waals surface area contributed by atoms with E-state index in [1.807, 2.05) is 0 Å². The molecule has 0 spiro atoms. The van der Waals surface area contributed by atoms with Gasteiger partial charge in [0.2, 0.25) is 0 Å². The van der Waals surface area contributed by atoms with Crippen LogP contribution in [0.3, 0.4) is 0 Å². The first kappa shape index (κ1) is 24.5. The number of hydrogen-bond acceptors (Lipinski definition) is 0. The number of benzene rings is 3. The zero-order valence-electron chi connectivity index (χ0n) is 20.7. The summed E-state index contributed by atoms with van der Waals surface area (Å²) in [5.74, 6) is 1.52. The van der Waals surface area contributed by atoms with Crippen molar-refractivity contribution in [1.29, 1.82) is 0 Å². The molecule has 0 heterocycles. The minimum atomic E-state index is -0.236. The summed E-state index contributed by atoms with van der Waals surface area (Å²) in [6.07, 6.45) is 14.7. The SMILES string of the molecule is CCC=CC1CCC(c2ccc(-c3ccc(CCc4ccc(CCCF)cc4)cc3)cc2)CC1. The first-order valence-electron chi connectivity index (χ1n) is 13.2. The smallest absolute Gasteiger partial charge is 0.0897 e. The molecule has 4 rings (SSSR count). The maximum atomic E-state index is 12.3. The van der Waals surface area contributed by atoms with Gasteiger partial charge in [-0.25, -0.2) is 0 Å². The van der Waals surface area contributed by atoms with Gasteiger partial charge in [0, 0.05) is 0 Å². The van der Waals surface area contributed by atoms with Gasteiger partial charge in [-0.15, -0.1) is 0 Å². The molecule has 0 atom stereocenters. The van der Waals surface area contributed by atoms with Crippen molar-refractivity contribution in [3.05, 3.63) is 107 Å². The lowest BCUT2D eigenvalue weighted by molar-refractivity contribution is 0.375. The van der Waals surface area contributed by atoms with Crippen LogP contribution in [-0.2, 0) is 19.3 Å². The molecule has 0 saturated heterocycles. The zero-order chi connectivity index (χ0) is 23.6. The lowest BCUT2D eigenvalue weighted by atomic mass is 9.78. The largest absolute Gasteiger partial charge is 0.251 e. The Hall–Kier alpha value is -2.67.